The molecule has 1 amide bonds. The number of halogens is 3. The molecule has 1 aliphatic rings. The lowest BCUT2D eigenvalue weighted by Gasteiger charge is -2.34. The first-order valence-electron chi connectivity index (χ1n) is 10.9. The van der Waals surface area contributed by atoms with Gasteiger partial charge in [-0.1, -0.05) is 6.07 Å². The van der Waals surface area contributed by atoms with Crippen LogP contribution in [0.5, 0.6) is 11.5 Å². The van der Waals surface area contributed by atoms with Crippen molar-refractivity contribution in [2.24, 2.45) is 7.05 Å². The van der Waals surface area contributed by atoms with E-state index in [9.17, 15) is 18.0 Å². The predicted octanol–water partition coefficient (Wildman–Crippen LogP) is 3.87. The van der Waals surface area contributed by atoms with Gasteiger partial charge in [-0.15, -0.1) is 0 Å². The number of carbonyl (C=O) groups is 1. The number of hydrogen-bond donors (Lipinski definition) is 1. The molecule has 0 aliphatic carbocycles. The summed E-state index contributed by atoms with van der Waals surface area (Å²) in [5, 5.41) is 11.2. The zero-order valence-electron chi connectivity index (χ0n) is 20.1. The molecule has 3 aromatic rings. The van der Waals surface area contributed by atoms with Gasteiger partial charge in [0.15, 0.2) is 17.5 Å². The van der Waals surface area contributed by atoms with Gasteiger partial charge in [-0.05, 0) is 24.6 Å². The Labute approximate surface area is 200 Å². The maximum absolute atomic E-state index is 14.0. The maximum atomic E-state index is 14.0. The monoisotopic (exact) mass is 492 g/mol. The minimum Gasteiger partial charge on any atom is -0.493 e. The van der Waals surface area contributed by atoms with Crippen molar-refractivity contribution in [1.29, 1.82) is 0 Å². The Bertz CT molecular complexity index is 1240. The number of benzene rings is 1. The van der Waals surface area contributed by atoms with E-state index in [0.717, 1.165) is 15.9 Å². The van der Waals surface area contributed by atoms with E-state index in [0.29, 0.717) is 17.1 Å². The first-order chi connectivity index (χ1) is 16.5. The number of ether oxygens (including phenoxy) is 2. The number of amides is 1. The normalized spacial score (nSPS) is 17.5. The number of rotatable bonds is 6. The van der Waals surface area contributed by atoms with Gasteiger partial charge in [0.1, 0.15) is 11.4 Å². The highest BCUT2D eigenvalue weighted by Crippen LogP contribution is 2.45. The summed E-state index contributed by atoms with van der Waals surface area (Å²) in [6.45, 7) is 2.14. The number of fused-ring (bicyclic) bond motifs is 1. The fourth-order valence-corrected chi connectivity index (χ4v) is 4.24. The standard InChI is InChI=1S/C23H27F3N6O3/c1-13-15(10-27-31(13)3)12-30(2)22(33)16-11-28-32-20(23(24,25)26)9-17(29-21(16)32)14-6-7-18(34-4)19(8-14)35-5/h6-8,10-11,17,20,29H,9,12H2,1-5H3/t17-,20+/m0/s1. The van der Waals surface area contributed by atoms with Gasteiger partial charge >= 0.3 is 6.18 Å². The number of alkyl halides is 3. The van der Waals surface area contributed by atoms with Crippen LogP contribution in [0.2, 0.25) is 0 Å². The third kappa shape index (κ3) is 4.52. The summed E-state index contributed by atoms with van der Waals surface area (Å²) in [6, 6.07) is 2.32. The molecule has 4 rings (SSSR count). The number of methoxy groups -OCH3 is 2. The summed E-state index contributed by atoms with van der Waals surface area (Å²) in [6.07, 6.45) is -2.01. The molecule has 0 unspecified atom stereocenters. The number of nitrogens with zero attached hydrogens (tertiary/aromatic N) is 5. The smallest absolute Gasteiger partial charge is 0.410 e. The van der Waals surface area contributed by atoms with Gasteiger partial charge in [0.25, 0.3) is 5.91 Å². The molecule has 0 fully saturated rings. The molecule has 188 valence electrons. The van der Waals surface area contributed by atoms with Crippen molar-refractivity contribution in [2.75, 3.05) is 26.6 Å². The van der Waals surface area contributed by atoms with Crippen LogP contribution in [-0.2, 0) is 13.6 Å². The molecule has 2 atom stereocenters. The van der Waals surface area contributed by atoms with Crippen LogP contribution in [0.4, 0.5) is 19.0 Å². The van der Waals surface area contributed by atoms with E-state index in [-0.39, 0.29) is 24.3 Å². The third-order valence-electron chi connectivity index (χ3n) is 6.37. The Morgan fingerprint density at radius 1 is 1.20 bits per heavy atom. The molecule has 1 aliphatic heterocycles. The summed E-state index contributed by atoms with van der Waals surface area (Å²) in [5.74, 6) is 0.444. The molecule has 0 spiro atoms. The molecule has 1 N–H and O–H groups in total. The molecule has 9 nitrogen and oxygen atoms in total. The van der Waals surface area contributed by atoms with Crippen LogP contribution in [0.3, 0.4) is 0 Å². The first-order valence-corrected chi connectivity index (χ1v) is 10.9. The van der Waals surface area contributed by atoms with E-state index in [1.807, 2.05) is 6.92 Å². The number of nitrogens with one attached hydrogen (secondary N) is 1. The lowest BCUT2D eigenvalue weighted by Crippen LogP contribution is -2.36. The van der Waals surface area contributed by atoms with Crippen LogP contribution >= 0.6 is 0 Å². The van der Waals surface area contributed by atoms with E-state index >= 15 is 0 Å². The summed E-state index contributed by atoms with van der Waals surface area (Å²) in [4.78, 5) is 14.7. The van der Waals surface area contributed by atoms with Crippen LogP contribution < -0.4 is 14.8 Å². The summed E-state index contributed by atoms with van der Waals surface area (Å²) >= 11 is 0. The molecular weight excluding hydrogens is 465 g/mol. The maximum Gasteiger partial charge on any atom is 0.410 e. The Balaban J connectivity index is 1.68. The van der Waals surface area contributed by atoms with Gasteiger partial charge in [-0.2, -0.15) is 23.4 Å². The zero-order valence-corrected chi connectivity index (χ0v) is 20.1. The van der Waals surface area contributed by atoms with Crippen LogP contribution in [0.25, 0.3) is 0 Å². The number of aryl methyl sites for hydroxylation is 1. The first kappa shape index (κ1) is 24.4. The average Bonchev–Trinajstić information content (AvgIpc) is 3.40. The molecule has 0 saturated carbocycles. The molecular formula is C23H27F3N6O3. The lowest BCUT2D eigenvalue weighted by molar-refractivity contribution is -0.173. The predicted molar refractivity (Wildman–Crippen MR) is 122 cm³/mol. The second-order valence-corrected chi connectivity index (χ2v) is 8.50. The molecule has 0 bridgehead atoms. The van der Waals surface area contributed by atoms with Gasteiger partial charge < -0.3 is 19.7 Å². The highest BCUT2D eigenvalue weighted by molar-refractivity contribution is 5.98. The van der Waals surface area contributed by atoms with Crippen LogP contribution in [0, 0.1) is 6.92 Å². The minimum absolute atomic E-state index is 0.0260. The van der Waals surface area contributed by atoms with Crippen LogP contribution in [-0.4, -0.2) is 57.8 Å². The minimum atomic E-state index is -4.56. The number of carbonyl (C=O) groups excluding carboxylic acids is 1. The molecule has 1 aromatic carbocycles. The quantitative estimate of drug-likeness (QED) is 0.562. The highest BCUT2D eigenvalue weighted by atomic mass is 19.4. The fourth-order valence-electron chi connectivity index (χ4n) is 4.24. The van der Waals surface area contributed by atoms with E-state index in [4.69, 9.17) is 9.47 Å². The zero-order chi connectivity index (χ0) is 25.5. The number of hydrogen-bond acceptors (Lipinski definition) is 6. The highest BCUT2D eigenvalue weighted by Gasteiger charge is 2.47. The summed E-state index contributed by atoms with van der Waals surface area (Å²) < 4.78 is 55.2. The second-order valence-electron chi connectivity index (χ2n) is 8.50. The van der Waals surface area contributed by atoms with Crippen molar-refractivity contribution < 1.29 is 27.4 Å². The summed E-state index contributed by atoms with van der Waals surface area (Å²) in [7, 11) is 6.33. The van der Waals surface area contributed by atoms with Crippen molar-refractivity contribution in [3.63, 3.8) is 0 Å². The fraction of sp³-hybridized carbons (Fsp3) is 0.435. The van der Waals surface area contributed by atoms with Crippen molar-refractivity contribution in [2.45, 2.75) is 38.1 Å². The molecule has 3 heterocycles. The average molecular weight is 493 g/mol. The topological polar surface area (TPSA) is 86.4 Å². The van der Waals surface area contributed by atoms with E-state index < -0.39 is 24.2 Å². The van der Waals surface area contributed by atoms with Crippen molar-refractivity contribution in [3.8, 4) is 11.5 Å². The van der Waals surface area contributed by atoms with Gasteiger partial charge in [-0.3, -0.25) is 9.48 Å². The lowest BCUT2D eigenvalue weighted by atomic mass is 9.96. The molecule has 0 saturated heterocycles. The van der Waals surface area contributed by atoms with Crippen LogP contribution in [0.15, 0.2) is 30.6 Å². The Morgan fingerprint density at radius 2 is 1.91 bits per heavy atom. The van der Waals surface area contributed by atoms with Gasteiger partial charge in [-0.25, -0.2) is 4.68 Å². The van der Waals surface area contributed by atoms with Crippen molar-refractivity contribution in [1.82, 2.24) is 24.5 Å². The van der Waals surface area contributed by atoms with E-state index in [2.05, 4.69) is 15.5 Å². The number of aromatic nitrogens is 4. The SMILES string of the molecule is COc1ccc([C@@H]2C[C@H](C(F)(F)F)n3ncc(C(=O)N(C)Cc4cnn(C)c4C)c3N2)cc1OC. The van der Waals surface area contributed by atoms with Crippen molar-refractivity contribution in [3.05, 3.63) is 53.0 Å². The number of anilines is 1. The van der Waals surface area contributed by atoms with Gasteiger partial charge in [0, 0.05) is 38.3 Å². The Morgan fingerprint density at radius 3 is 2.51 bits per heavy atom. The van der Waals surface area contributed by atoms with E-state index in [1.54, 1.807) is 43.2 Å². The van der Waals surface area contributed by atoms with Gasteiger partial charge in [0.2, 0.25) is 0 Å². The molecule has 2 aromatic heterocycles. The van der Waals surface area contributed by atoms with Gasteiger partial charge in [0.05, 0.1) is 32.7 Å². The largest absolute Gasteiger partial charge is 0.493 e. The second kappa shape index (κ2) is 9.16. The van der Waals surface area contributed by atoms with Crippen molar-refractivity contribution >= 4 is 11.7 Å². The van der Waals surface area contributed by atoms with Crippen LogP contribution in [0.1, 0.15) is 45.7 Å². The molecule has 12 heteroatoms. The molecule has 0 radical (unpaired) electrons. The summed E-state index contributed by atoms with van der Waals surface area (Å²) in [5.41, 5.74) is 2.37. The van der Waals surface area contributed by atoms with E-state index in [1.165, 1.54) is 25.3 Å². The molecule has 35 heavy (non-hydrogen) atoms. The third-order valence-corrected chi connectivity index (χ3v) is 6.37. The Kier molecular flexibility index (Phi) is 6.39. The Hall–Kier alpha value is -3.70.